The molecule has 140 valence electrons. The normalized spacial score (nSPS) is 10.9. The standard InChI is InChI=1S/C22H27N5/c1-5-27(19-8-6-7-16(4)13-19)22-20(23)21(24-14-25-22)26-18-11-9-17(10-12-18)15(2)3/h6-15H,5,23H2,1-4H3,(H,24,25,26). The van der Waals surface area contributed by atoms with Crippen molar-refractivity contribution in [1.82, 2.24) is 9.97 Å². The first-order valence-electron chi connectivity index (χ1n) is 9.31. The van der Waals surface area contributed by atoms with Crippen LogP contribution in [0.3, 0.4) is 0 Å². The average Bonchev–Trinajstić information content (AvgIpc) is 2.66. The zero-order valence-corrected chi connectivity index (χ0v) is 16.4. The fourth-order valence-electron chi connectivity index (χ4n) is 3.04. The van der Waals surface area contributed by atoms with Gasteiger partial charge in [-0.3, -0.25) is 0 Å². The first-order chi connectivity index (χ1) is 13.0. The van der Waals surface area contributed by atoms with Crippen LogP contribution in [-0.4, -0.2) is 16.5 Å². The number of nitrogen functional groups attached to an aromatic ring is 1. The largest absolute Gasteiger partial charge is 0.393 e. The summed E-state index contributed by atoms with van der Waals surface area (Å²) in [7, 11) is 0. The molecule has 0 amide bonds. The first kappa shape index (κ1) is 18.7. The molecule has 0 saturated carbocycles. The van der Waals surface area contributed by atoms with Gasteiger partial charge < -0.3 is 16.0 Å². The monoisotopic (exact) mass is 361 g/mol. The topological polar surface area (TPSA) is 67.1 Å². The molecule has 0 spiro atoms. The number of benzene rings is 2. The van der Waals surface area contributed by atoms with Gasteiger partial charge in [0.15, 0.2) is 11.6 Å². The van der Waals surface area contributed by atoms with Gasteiger partial charge in [0.1, 0.15) is 12.0 Å². The maximum atomic E-state index is 6.43. The van der Waals surface area contributed by atoms with Crippen molar-refractivity contribution in [2.75, 3.05) is 22.5 Å². The highest BCUT2D eigenvalue weighted by Crippen LogP contribution is 2.33. The lowest BCUT2D eigenvalue weighted by atomic mass is 10.0. The predicted octanol–water partition coefficient (Wildman–Crippen LogP) is 5.39. The number of nitrogens with one attached hydrogen (secondary N) is 1. The summed E-state index contributed by atoms with van der Waals surface area (Å²) in [6.07, 6.45) is 1.55. The molecule has 0 aliphatic carbocycles. The van der Waals surface area contributed by atoms with E-state index < -0.39 is 0 Å². The fraction of sp³-hybridized carbons (Fsp3) is 0.273. The Morgan fingerprint density at radius 3 is 2.44 bits per heavy atom. The molecule has 1 aromatic heterocycles. The maximum absolute atomic E-state index is 6.43. The highest BCUT2D eigenvalue weighted by atomic mass is 15.2. The van der Waals surface area contributed by atoms with Crippen molar-refractivity contribution in [3.8, 4) is 0 Å². The van der Waals surface area contributed by atoms with E-state index in [0.29, 0.717) is 23.2 Å². The summed E-state index contributed by atoms with van der Waals surface area (Å²) >= 11 is 0. The molecule has 0 atom stereocenters. The van der Waals surface area contributed by atoms with Crippen molar-refractivity contribution in [3.63, 3.8) is 0 Å². The summed E-state index contributed by atoms with van der Waals surface area (Å²) in [5, 5.41) is 3.32. The van der Waals surface area contributed by atoms with E-state index in [1.165, 1.54) is 11.1 Å². The van der Waals surface area contributed by atoms with E-state index in [0.717, 1.165) is 17.9 Å². The predicted molar refractivity (Wildman–Crippen MR) is 114 cm³/mol. The quantitative estimate of drug-likeness (QED) is 0.616. The molecular formula is C22H27N5. The smallest absolute Gasteiger partial charge is 0.161 e. The molecule has 0 radical (unpaired) electrons. The Morgan fingerprint density at radius 1 is 1.07 bits per heavy atom. The lowest BCUT2D eigenvalue weighted by Crippen LogP contribution is -2.20. The van der Waals surface area contributed by atoms with E-state index in [2.05, 4.69) is 90.3 Å². The molecule has 3 aromatic rings. The number of aryl methyl sites for hydroxylation is 1. The molecule has 0 saturated heterocycles. The molecule has 1 heterocycles. The number of hydrogen-bond donors (Lipinski definition) is 2. The van der Waals surface area contributed by atoms with Gasteiger partial charge in [0.25, 0.3) is 0 Å². The lowest BCUT2D eigenvalue weighted by Gasteiger charge is -2.24. The van der Waals surface area contributed by atoms with Gasteiger partial charge in [-0.25, -0.2) is 9.97 Å². The van der Waals surface area contributed by atoms with Crippen LogP contribution >= 0.6 is 0 Å². The first-order valence-corrected chi connectivity index (χ1v) is 9.31. The van der Waals surface area contributed by atoms with Gasteiger partial charge in [-0.1, -0.05) is 38.1 Å². The SMILES string of the molecule is CCN(c1cccc(C)c1)c1ncnc(Nc2ccc(C(C)C)cc2)c1N. The van der Waals surface area contributed by atoms with Crippen molar-refractivity contribution in [3.05, 3.63) is 66.0 Å². The van der Waals surface area contributed by atoms with Crippen LogP contribution in [-0.2, 0) is 0 Å². The zero-order chi connectivity index (χ0) is 19.4. The molecule has 5 nitrogen and oxygen atoms in total. The van der Waals surface area contributed by atoms with E-state index in [9.17, 15) is 0 Å². The minimum absolute atomic E-state index is 0.502. The Balaban J connectivity index is 1.91. The van der Waals surface area contributed by atoms with Gasteiger partial charge in [0.05, 0.1) is 0 Å². The number of aromatic nitrogens is 2. The van der Waals surface area contributed by atoms with Gasteiger partial charge in [-0.05, 0) is 55.2 Å². The van der Waals surface area contributed by atoms with E-state index in [1.807, 2.05) is 6.07 Å². The summed E-state index contributed by atoms with van der Waals surface area (Å²) in [5.41, 5.74) is 11.5. The molecule has 0 fully saturated rings. The Kier molecular flexibility index (Phi) is 5.60. The van der Waals surface area contributed by atoms with Gasteiger partial charge >= 0.3 is 0 Å². The molecule has 3 N–H and O–H groups in total. The second kappa shape index (κ2) is 8.08. The third-order valence-corrected chi connectivity index (χ3v) is 4.59. The summed E-state index contributed by atoms with van der Waals surface area (Å²) in [4.78, 5) is 10.9. The van der Waals surface area contributed by atoms with Crippen molar-refractivity contribution < 1.29 is 0 Å². The van der Waals surface area contributed by atoms with Crippen LogP contribution in [0, 0.1) is 6.92 Å². The number of nitrogens with two attached hydrogens (primary N) is 1. The Hall–Kier alpha value is -3.08. The van der Waals surface area contributed by atoms with Gasteiger partial charge in [-0.15, -0.1) is 0 Å². The summed E-state index contributed by atoms with van der Waals surface area (Å²) in [6.45, 7) is 9.28. The van der Waals surface area contributed by atoms with Crippen molar-refractivity contribution in [1.29, 1.82) is 0 Å². The van der Waals surface area contributed by atoms with Gasteiger partial charge in [-0.2, -0.15) is 0 Å². The lowest BCUT2D eigenvalue weighted by molar-refractivity contribution is 0.867. The number of nitrogens with zero attached hydrogens (tertiary/aromatic N) is 3. The molecule has 0 aliphatic rings. The average molecular weight is 361 g/mol. The van der Waals surface area contributed by atoms with Crippen LogP contribution in [0.1, 0.15) is 37.8 Å². The van der Waals surface area contributed by atoms with Crippen LogP contribution in [0.15, 0.2) is 54.9 Å². The molecule has 3 rings (SSSR count). The molecule has 27 heavy (non-hydrogen) atoms. The van der Waals surface area contributed by atoms with Crippen LogP contribution < -0.4 is 16.0 Å². The Morgan fingerprint density at radius 2 is 1.81 bits per heavy atom. The van der Waals surface area contributed by atoms with E-state index in [1.54, 1.807) is 6.33 Å². The van der Waals surface area contributed by atoms with Crippen molar-refractivity contribution >= 4 is 28.7 Å². The number of hydrogen-bond acceptors (Lipinski definition) is 5. The molecule has 0 bridgehead atoms. The molecule has 2 aromatic carbocycles. The van der Waals surface area contributed by atoms with Crippen LogP contribution in [0.4, 0.5) is 28.7 Å². The van der Waals surface area contributed by atoms with E-state index in [4.69, 9.17) is 5.73 Å². The van der Waals surface area contributed by atoms with Crippen LogP contribution in [0.5, 0.6) is 0 Å². The minimum atomic E-state index is 0.502. The third kappa shape index (κ3) is 4.19. The molecule has 5 heteroatoms. The maximum Gasteiger partial charge on any atom is 0.161 e. The van der Waals surface area contributed by atoms with Crippen molar-refractivity contribution in [2.45, 2.75) is 33.6 Å². The van der Waals surface area contributed by atoms with E-state index in [-0.39, 0.29) is 0 Å². The highest BCUT2D eigenvalue weighted by molar-refractivity contribution is 5.81. The Bertz CT molecular complexity index is 903. The molecule has 0 aliphatic heterocycles. The third-order valence-electron chi connectivity index (χ3n) is 4.59. The number of rotatable bonds is 6. The fourth-order valence-corrected chi connectivity index (χ4v) is 3.04. The van der Waals surface area contributed by atoms with Crippen molar-refractivity contribution in [2.24, 2.45) is 0 Å². The summed E-state index contributed by atoms with van der Waals surface area (Å²) in [6, 6.07) is 16.7. The molecular weight excluding hydrogens is 334 g/mol. The van der Waals surface area contributed by atoms with E-state index >= 15 is 0 Å². The van der Waals surface area contributed by atoms with Gasteiger partial charge in [0.2, 0.25) is 0 Å². The highest BCUT2D eigenvalue weighted by Gasteiger charge is 2.16. The summed E-state index contributed by atoms with van der Waals surface area (Å²) in [5.74, 6) is 1.82. The second-order valence-electron chi connectivity index (χ2n) is 6.94. The zero-order valence-electron chi connectivity index (χ0n) is 16.4. The second-order valence-corrected chi connectivity index (χ2v) is 6.94. The van der Waals surface area contributed by atoms with Gasteiger partial charge in [0, 0.05) is 17.9 Å². The molecule has 0 unspecified atom stereocenters. The number of anilines is 5. The van der Waals surface area contributed by atoms with Crippen LogP contribution in [0.2, 0.25) is 0 Å². The minimum Gasteiger partial charge on any atom is -0.393 e. The summed E-state index contributed by atoms with van der Waals surface area (Å²) < 4.78 is 0. The van der Waals surface area contributed by atoms with Crippen LogP contribution in [0.25, 0.3) is 0 Å². The Labute approximate surface area is 161 Å².